The van der Waals surface area contributed by atoms with Gasteiger partial charge in [-0.15, -0.1) is 0 Å². The smallest absolute Gasteiger partial charge is 0.291 e. The van der Waals surface area contributed by atoms with Gasteiger partial charge in [0, 0.05) is 51.7 Å². The number of nitrogens with one attached hydrogen (secondary N) is 1. The molecule has 4 heterocycles. The molecule has 0 unspecified atom stereocenters. The van der Waals surface area contributed by atoms with E-state index in [0.717, 1.165) is 42.3 Å². The Labute approximate surface area is 216 Å². The molecular weight excluding hydrogens is 466 g/mol. The second-order valence-corrected chi connectivity index (χ2v) is 9.96. The summed E-state index contributed by atoms with van der Waals surface area (Å²) in [4.78, 5) is 15.8. The van der Waals surface area contributed by atoms with Gasteiger partial charge in [-0.3, -0.25) is 9.48 Å². The SMILES string of the molecule is COCc1cc(Nc2c(-c3ccccc3)c(N3CCn4c(cc5c4CCCC5)C3)nn(C)c2=O)nn1C. The topological polar surface area (TPSA) is 82.1 Å². The molecule has 9 heteroatoms. The zero-order chi connectivity index (χ0) is 25.5. The van der Waals surface area contributed by atoms with Gasteiger partial charge in [0.25, 0.3) is 5.56 Å². The molecule has 0 fully saturated rings. The molecule has 0 amide bonds. The summed E-state index contributed by atoms with van der Waals surface area (Å²) in [7, 11) is 5.24. The number of nitrogens with zero attached hydrogens (tertiary/aromatic N) is 6. The van der Waals surface area contributed by atoms with Crippen molar-refractivity contribution in [3.05, 3.63) is 75.5 Å². The van der Waals surface area contributed by atoms with E-state index in [0.29, 0.717) is 18.1 Å². The summed E-state index contributed by atoms with van der Waals surface area (Å²) in [5, 5.41) is 12.7. The van der Waals surface area contributed by atoms with Gasteiger partial charge < -0.3 is 19.5 Å². The number of ether oxygens (including phenoxy) is 1. The van der Waals surface area contributed by atoms with Gasteiger partial charge in [-0.1, -0.05) is 30.3 Å². The van der Waals surface area contributed by atoms with E-state index in [2.05, 4.69) is 25.9 Å². The molecule has 0 bridgehead atoms. The van der Waals surface area contributed by atoms with Crippen molar-refractivity contribution < 1.29 is 4.74 Å². The second-order valence-electron chi connectivity index (χ2n) is 9.96. The Hall–Kier alpha value is -3.85. The predicted molar refractivity (Wildman–Crippen MR) is 144 cm³/mol. The average Bonchev–Trinajstić information content (AvgIpc) is 3.46. The van der Waals surface area contributed by atoms with Crippen LogP contribution in [0.1, 0.15) is 35.5 Å². The summed E-state index contributed by atoms with van der Waals surface area (Å²) in [6.45, 7) is 2.96. The van der Waals surface area contributed by atoms with Crippen LogP contribution in [-0.4, -0.2) is 37.8 Å². The average molecular weight is 500 g/mol. The van der Waals surface area contributed by atoms with E-state index < -0.39 is 0 Å². The van der Waals surface area contributed by atoms with Crippen molar-refractivity contribution in [2.45, 2.75) is 45.4 Å². The Morgan fingerprint density at radius 2 is 1.81 bits per heavy atom. The monoisotopic (exact) mass is 499 g/mol. The van der Waals surface area contributed by atoms with E-state index in [-0.39, 0.29) is 5.56 Å². The zero-order valence-electron chi connectivity index (χ0n) is 21.7. The molecule has 37 heavy (non-hydrogen) atoms. The van der Waals surface area contributed by atoms with Crippen LogP contribution in [0.5, 0.6) is 0 Å². The highest BCUT2D eigenvalue weighted by molar-refractivity contribution is 5.88. The lowest BCUT2D eigenvalue weighted by Crippen LogP contribution is -2.37. The number of hydrogen-bond acceptors (Lipinski definition) is 6. The van der Waals surface area contributed by atoms with E-state index in [1.807, 2.05) is 43.4 Å². The van der Waals surface area contributed by atoms with E-state index in [4.69, 9.17) is 9.84 Å². The van der Waals surface area contributed by atoms with Crippen LogP contribution >= 0.6 is 0 Å². The summed E-state index contributed by atoms with van der Waals surface area (Å²) >= 11 is 0. The Balaban J connectivity index is 1.45. The fourth-order valence-electron chi connectivity index (χ4n) is 5.73. The highest BCUT2D eigenvalue weighted by Crippen LogP contribution is 2.37. The third kappa shape index (κ3) is 4.23. The highest BCUT2D eigenvalue weighted by Gasteiger charge is 2.28. The van der Waals surface area contributed by atoms with Gasteiger partial charge in [-0.2, -0.15) is 10.2 Å². The minimum atomic E-state index is -0.197. The minimum Gasteiger partial charge on any atom is -0.378 e. The molecule has 0 atom stereocenters. The first-order chi connectivity index (χ1) is 18.0. The maximum Gasteiger partial charge on any atom is 0.291 e. The van der Waals surface area contributed by atoms with Gasteiger partial charge in [0.1, 0.15) is 5.69 Å². The number of hydrogen-bond donors (Lipinski definition) is 1. The molecule has 1 aliphatic heterocycles. The van der Waals surface area contributed by atoms with Crippen LogP contribution in [0.2, 0.25) is 0 Å². The summed E-state index contributed by atoms with van der Waals surface area (Å²) in [5.74, 6) is 1.40. The molecule has 0 spiro atoms. The maximum atomic E-state index is 13.5. The van der Waals surface area contributed by atoms with E-state index in [1.54, 1.807) is 18.8 Å². The fraction of sp³-hybridized carbons (Fsp3) is 0.393. The van der Waals surface area contributed by atoms with Crippen LogP contribution in [0, 0.1) is 0 Å². The van der Waals surface area contributed by atoms with E-state index >= 15 is 0 Å². The van der Waals surface area contributed by atoms with E-state index in [1.165, 1.54) is 47.3 Å². The Bertz CT molecular complexity index is 1500. The molecule has 1 aliphatic carbocycles. The zero-order valence-corrected chi connectivity index (χ0v) is 21.7. The fourth-order valence-corrected chi connectivity index (χ4v) is 5.73. The maximum absolute atomic E-state index is 13.5. The van der Waals surface area contributed by atoms with Gasteiger partial charge >= 0.3 is 0 Å². The second kappa shape index (κ2) is 9.55. The molecule has 1 N–H and O–H groups in total. The van der Waals surface area contributed by atoms with Crippen LogP contribution in [0.25, 0.3) is 11.1 Å². The standard InChI is InChI=1S/C28H33N7O2/c1-32-22(18-37-3)16-24(30-32)29-26-25(19-9-5-4-6-10-19)27(31-33(2)28(26)36)34-13-14-35-21(17-34)15-20-11-7-8-12-23(20)35/h4-6,9-10,15-16H,7-8,11-14,17-18H2,1-3H3,(H,29,30). The third-order valence-electron chi connectivity index (χ3n) is 7.55. The first kappa shape index (κ1) is 23.5. The van der Waals surface area contributed by atoms with E-state index in [9.17, 15) is 4.79 Å². The van der Waals surface area contributed by atoms with Gasteiger partial charge in [0.15, 0.2) is 11.6 Å². The predicted octanol–water partition coefficient (Wildman–Crippen LogP) is 3.77. The summed E-state index contributed by atoms with van der Waals surface area (Å²) in [5.41, 5.74) is 7.28. The van der Waals surface area contributed by atoms with Crippen LogP contribution in [0.15, 0.2) is 47.3 Å². The lowest BCUT2D eigenvalue weighted by Gasteiger charge is -2.32. The molecule has 192 valence electrons. The number of aryl methyl sites for hydroxylation is 3. The van der Waals surface area contributed by atoms with Crippen LogP contribution in [0.3, 0.4) is 0 Å². The molecule has 9 nitrogen and oxygen atoms in total. The van der Waals surface area contributed by atoms with Gasteiger partial charge in [-0.25, -0.2) is 4.68 Å². The van der Waals surface area contributed by atoms with Gasteiger partial charge in [0.2, 0.25) is 0 Å². The highest BCUT2D eigenvalue weighted by atomic mass is 16.5. The number of anilines is 3. The first-order valence-electron chi connectivity index (χ1n) is 12.9. The number of rotatable bonds is 6. The molecule has 6 rings (SSSR count). The van der Waals surface area contributed by atoms with Crippen molar-refractivity contribution in [1.29, 1.82) is 0 Å². The van der Waals surface area contributed by atoms with Crippen molar-refractivity contribution >= 4 is 17.3 Å². The van der Waals surface area contributed by atoms with Crippen molar-refractivity contribution in [3.63, 3.8) is 0 Å². The molecule has 2 aliphatic rings. The van der Waals surface area contributed by atoms with Crippen LogP contribution in [0.4, 0.5) is 17.3 Å². The van der Waals surface area contributed by atoms with Gasteiger partial charge in [-0.05, 0) is 42.9 Å². The molecule has 1 aromatic carbocycles. The molecular formula is C28H33N7O2. The third-order valence-corrected chi connectivity index (χ3v) is 7.55. The summed E-state index contributed by atoms with van der Waals surface area (Å²) < 4.78 is 11.0. The van der Waals surface area contributed by atoms with Crippen LogP contribution in [-0.2, 0) is 51.4 Å². The van der Waals surface area contributed by atoms with Gasteiger partial charge in [0.05, 0.1) is 24.4 Å². The van der Waals surface area contributed by atoms with Crippen molar-refractivity contribution in [1.82, 2.24) is 24.1 Å². The summed E-state index contributed by atoms with van der Waals surface area (Å²) in [6, 6.07) is 14.3. The minimum absolute atomic E-state index is 0.197. The largest absolute Gasteiger partial charge is 0.378 e. The Morgan fingerprint density at radius 1 is 1.00 bits per heavy atom. The normalized spacial score (nSPS) is 14.9. The Kier molecular flexibility index (Phi) is 6.08. The number of fused-ring (bicyclic) bond motifs is 3. The number of aromatic nitrogens is 5. The molecule has 0 radical (unpaired) electrons. The quantitative estimate of drug-likeness (QED) is 0.435. The van der Waals surface area contributed by atoms with Crippen molar-refractivity contribution in [3.8, 4) is 11.1 Å². The van der Waals surface area contributed by atoms with Crippen molar-refractivity contribution in [2.24, 2.45) is 14.1 Å². The molecule has 0 saturated carbocycles. The molecule has 0 saturated heterocycles. The van der Waals surface area contributed by atoms with Crippen molar-refractivity contribution in [2.75, 3.05) is 23.9 Å². The number of methoxy groups -OCH3 is 1. The van der Waals surface area contributed by atoms with Crippen LogP contribution < -0.4 is 15.8 Å². The lowest BCUT2D eigenvalue weighted by molar-refractivity contribution is 0.178. The number of benzene rings is 1. The Morgan fingerprint density at radius 3 is 2.62 bits per heavy atom. The summed E-state index contributed by atoms with van der Waals surface area (Å²) in [6.07, 6.45) is 4.89. The first-order valence-corrected chi connectivity index (χ1v) is 12.9. The molecule has 4 aromatic rings. The lowest BCUT2D eigenvalue weighted by atomic mass is 9.98. The molecule has 3 aromatic heterocycles.